The second-order valence-electron chi connectivity index (χ2n) is 4.59. The predicted octanol–water partition coefficient (Wildman–Crippen LogP) is 3.94. The lowest BCUT2D eigenvalue weighted by atomic mass is 10.2. The smallest absolute Gasteiger partial charge is 0.270 e. The number of phenolic OH excluding ortho intramolecular Hbond substituents is 1. The van der Waals surface area contributed by atoms with Gasteiger partial charge < -0.3 is 5.11 Å². The van der Waals surface area contributed by atoms with E-state index in [2.05, 4.69) is 0 Å². The number of anilines is 1. The van der Waals surface area contributed by atoms with Gasteiger partial charge >= 0.3 is 0 Å². The molecule has 22 heavy (non-hydrogen) atoms. The van der Waals surface area contributed by atoms with Crippen molar-refractivity contribution in [1.82, 2.24) is 0 Å². The van der Waals surface area contributed by atoms with E-state index >= 15 is 0 Å². The van der Waals surface area contributed by atoms with Gasteiger partial charge in [-0.25, -0.2) is 4.39 Å². The molecule has 6 heteroatoms. The maximum atomic E-state index is 13.2. The number of carbonyl (C=O) groups excluding carboxylic acids is 1. The van der Waals surface area contributed by atoms with Gasteiger partial charge in [0.05, 0.1) is 10.6 Å². The fourth-order valence-corrected chi connectivity index (χ4v) is 3.34. The van der Waals surface area contributed by atoms with Crippen LogP contribution in [0.25, 0.3) is 6.08 Å². The molecular weight excluding hydrogens is 321 g/mol. The molecule has 0 aliphatic carbocycles. The third kappa shape index (κ3) is 2.88. The predicted molar refractivity (Wildman–Crippen MR) is 90.2 cm³/mol. The molecule has 1 saturated heterocycles. The number of amides is 1. The van der Waals surface area contributed by atoms with E-state index in [-0.39, 0.29) is 17.5 Å². The van der Waals surface area contributed by atoms with Crippen LogP contribution in [0.4, 0.5) is 10.1 Å². The summed E-state index contributed by atoms with van der Waals surface area (Å²) in [6.45, 7) is 0. The first kappa shape index (κ1) is 14.7. The third-order valence-electron chi connectivity index (χ3n) is 3.05. The molecule has 0 spiro atoms. The lowest BCUT2D eigenvalue weighted by Crippen LogP contribution is -2.27. The van der Waals surface area contributed by atoms with Crippen molar-refractivity contribution >= 4 is 46.0 Å². The molecule has 0 bridgehead atoms. The standard InChI is InChI=1S/C16H10FNO2S2/c17-11-3-1-2-10(8-11)9-14-15(20)18(16(21)22-14)12-4-6-13(19)7-5-12/h1-9,19H/b14-9+. The highest BCUT2D eigenvalue weighted by Crippen LogP contribution is 2.36. The Morgan fingerprint density at radius 2 is 1.91 bits per heavy atom. The summed E-state index contributed by atoms with van der Waals surface area (Å²) in [6.07, 6.45) is 1.61. The SMILES string of the molecule is O=C1/C(=C\c2cccc(F)c2)SC(=S)N1c1ccc(O)cc1. The Bertz CT molecular complexity index is 787. The van der Waals surface area contributed by atoms with Crippen LogP contribution in [-0.4, -0.2) is 15.3 Å². The van der Waals surface area contributed by atoms with Gasteiger partial charge in [-0.2, -0.15) is 0 Å². The zero-order chi connectivity index (χ0) is 15.7. The van der Waals surface area contributed by atoms with E-state index in [9.17, 15) is 14.3 Å². The number of hydrogen-bond acceptors (Lipinski definition) is 4. The number of aromatic hydroxyl groups is 1. The molecule has 0 radical (unpaired) electrons. The molecule has 1 N–H and O–H groups in total. The highest BCUT2D eigenvalue weighted by atomic mass is 32.2. The highest BCUT2D eigenvalue weighted by molar-refractivity contribution is 8.27. The van der Waals surface area contributed by atoms with E-state index in [1.807, 2.05) is 0 Å². The largest absolute Gasteiger partial charge is 0.508 e. The zero-order valence-electron chi connectivity index (χ0n) is 11.2. The van der Waals surface area contributed by atoms with Crippen LogP contribution in [-0.2, 0) is 4.79 Å². The van der Waals surface area contributed by atoms with Gasteiger partial charge in [0, 0.05) is 0 Å². The molecule has 3 nitrogen and oxygen atoms in total. The molecule has 1 aliphatic rings. The number of thiocarbonyl (C=S) groups is 1. The maximum Gasteiger partial charge on any atom is 0.270 e. The Balaban J connectivity index is 1.93. The molecule has 0 unspecified atom stereocenters. The molecule has 2 aromatic carbocycles. The molecule has 2 aromatic rings. The van der Waals surface area contributed by atoms with Crippen LogP contribution in [0, 0.1) is 5.82 Å². The van der Waals surface area contributed by atoms with E-state index in [0.717, 1.165) is 0 Å². The van der Waals surface area contributed by atoms with Crippen molar-refractivity contribution in [3.63, 3.8) is 0 Å². The van der Waals surface area contributed by atoms with E-state index < -0.39 is 0 Å². The minimum absolute atomic E-state index is 0.115. The Labute approximate surface area is 136 Å². The van der Waals surface area contributed by atoms with Crippen molar-refractivity contribution in [3.05, 3.63) is 64.8 Å². The first-order valence-electron chi connectivity index (χ1n) is 6.37. The number of rotatable bonds is 2. The molecule has 0 atom stereocenters. The lowest BCUT2D eigenvalue weighted by molar-refractivity contribution is -0.113. The molecule has 1 heterocycles. The van der Waals surface area contributed by atoms with Gasteiger partial charge in [0.15, 0.2) is 4.32 Å². The summed E-state index contributed by atoms with van der Waals surface area (Å²) < 4.78 is 13.6. The van der Waals surface area contributed by atoms with Gasteiger partial charge in [-0.05, 0) is 48.0 Å². The van der Waals surface area contributed by atoms with Crippen molar-refractivity contribution in [1.29, 1.82) is 0 Å². The second kappa shape index (κ2) is 5.90. The van der Waals surface area contributed by atoms with Gasteiger partial charge in [-0.1, -0.05) is 36.1 Å². The van der Waals surface area contributed by atoms with Crippen molar-refractivity contribution in [3.8, 4) is 5.75 Å². The van der Waals surface area contributed by atoms with Gasteiger partial charge in [0.25, 0.3) is 5.91 Å². The van der Waals surface area contributed by atoms with Crippen LogP contribution >= 0.6 is 24.0 Å². The fourth-order valence-electron chi connectivity index (χ4n) is 2.04. The van der Waals surface area contributed by atoms with Gasteiger partial charge in [0.1, 0.15) is 11.6 Å². The quantitative estimate of drug-likeness (QED) is 0.668. The summed E-state index contributed by atoms with van der Waals surface area (Å²) in [6, 6.07) is 12.2. The average molecular weight is 331 g/mol. The molecular formula is C16H10FNO2S2. The Hall–Kier alpha value is -2.18. The van der Waals surface area contributed by atoms with Crippen molar-refractivity contribution in [2.24, 2.45) is 0 Å². The average Bonchev–Trinajstić information content (AvgIpc) is 2.75. The van der Waals surface area contributed by atoms with Crippen LogP contribution in [0.15, 0.2) is 53.4 Å². The minimum Gasteiger partial charge on any atom is -0.508 e. The first-order chi connectivity index (χ1) is 10.5. The van der Waals surface area contributed by atoms with Crippen LogP contribution < -0.4 is 4.90 Å². The minimum atomic E-state index is -0.359. The van der Waals surface area contributed by atoms with Crippen molar-refractivity contribution in [2.45, 2.75) is 0 Å². The number of benzene rings is 2. The van der Waals surface area contributed by atoms with Crippen molar-refractivity contribution < 1.29 is 14.3 Å². The highest BCUT2D eigenvalue weighted by Gasteiger charge is 2.33. The monoisotopic (exact) mass is 331 g/mol. The Morgan fingerprint density at radius 1 is 1.18 bits per heavy atom. The number of carbonyl (C=O) groups is 1. The summed E-state index contributed by atoms with van der Waals surface area (Å²) >= 11 is 6.41. The number of hydrogen-bond donors (Lipinski definition) is 1. The number of thioether (sulfide) groups is 1. The summed E-state index contributed by atoms with van der Waals surface area (Å²) in [7, 11) is 0. The second-order valence-corrected chi connectivity index (χ2v) is 6.26. The summed E-state index contributed by atoms with van der Waals surface area (Å²) in [5.41, 5.74) is 1.19. The van der Waals surface area contributed by atoms with E-state index in [4.69, 9.17) is 12.2 Å². The van der Waals surface area contributed by atoms with E-state index in [1.54, 1.807) is 30.3 Å². The number of phenols is 1. The van der Waals surface area contributed by atoms with Crippen molar-refractivity contribution in [2.75, 3.05) is 4.90 Å². The van der Waals surface area contributed by atoms with E-state index in [0.29, 0.717) is 20.5 Å². The molecule has 3 rings (SSSR count). The fraction of sp³-hybridized carbons (Fsp3) is 0. The lowest BCUT2D eigenvalue weighted by Gasteiger charge is -2.14. The molecule has 110 valence electrons. The zero-order valence-corrected chi connectivity index (χ0v) is 12.8. The summed E-state index contributed by atoms with van der Waals surface area (Å²) in [5, 5.41) is 9.32. The molecule has 1 fully saturated rings. The first-order valence-corrected chi connectivity index (χ1v) is 7.59. The maximum absolute atomic E-state index is 13.2. The van der Waals surface area contributed by atoms with Gasteiger partial charge in [-0.3, -0.25) is 9.69 Å². The van der Waals surface area contributed by atoms with Crippen LogP contribution in [0.1, 0.15) is 5.56 Å². The number of nitrogens with zero attached hydrogens (tertiary/aromatic N) is 1. The molecule has 1 aliphatic heterocycles. The summed E-state index contributed by atoms with van der Waals surface area (Å²) in [4.78, 5) is 14.3. The Kier molecular flexibility index (Phi) is 3.96. The topological polar surface area (TPSA) is 40.5 Å². The van der Waals surface area contributed by atoms with Gasteiger partial charge in [0.2, 0.25) is 0 Å². The Morgan fingerprint density at radius 3 is 2.59 bits per heavy atom. The van der Waals surface area contributed by atoms with Crippen LogP contribution in [0.3, 0.4) is 0 Å². The third-order valence-corrected chi connectivity index (χ3v) is 4.35. The molecule has 1 amide bonds. The van der Waals surface area contributed by atoms with E-state index in [1.165, 1.54) is 40.9 Å². The normalized spacial score (nSPS) is 16.6. The van der Waals surface area contributed by atoms with Crippen LogP contribution in [0.2, 0.25) is 0 Å². The molecule has 0 aromatic heterocycles. The van der Waals surface area contributed by atoms with Gasteiger partial charge in [-0.15, -0.1) is 0 Å². The van der Waals surface area contributed by atoms with Crippen LogP contribution in [0.5, 0.6) is 5.75 Å². The number of halogens is 1. The molecule has 0 saturated carbocycles. The summed E-state index contributed by atoms with van der Waals surface area (Å²) in [5.74, 6) is -0.503.